The number of benzene rings is 1. The molecule has 4 nitrogen and oxygen atoms in total. The van der Waals surface area contributed by atoms with Crippen LogP contribution < -0.4 is 4.74 Å². The molecule has 0 atom stereocenters. The highest BCUT2D eigenvalue weighted by Crippen LogP contribution is 2.18. The van der Waals surface area contributed by atoms with Crippen molar-refractivity contribution in [3.05, 3.63) is 65.0 Å². The molecule has 1 heterocycles. The van der Waals surface area contributed by atoms with Crippen LogP contribution >= 0.6 is 11.6 Å². The van der Waals surface area contributed by atoms with Crippen LogP contribution in [0.2, 0.25) is 5.02 Å². The Morgan fingerprint density at radius 2 is 2.10 bits per heavy atom. The molecule has 0 radical (unpaired) electrons. The smallest absolute Gasteiger partial charge is 0.328 e. The largest absolute Gasteiger partial charge is 0.487 e. The number of hydrogen-bond acceptors (Lipinski definition) is 3. The minimum Gasteiger partial charge on any atom is -0.487 e. The lowest BCUT2D eigenvalue weighted by Gasteiger charge is -2.07. The fraction of sp³-hybridized carbons (Fsp3) is 0.0667. The lowest BCUT2D eigenvalue weighted by molar-refractivity contribution is -0.131. The van der Waals surface area contributed by atoms with Crippen molar-refractivity contribution in [1.82, 2.24) is 4.98 Å². The van der Waals surface area contributed by atoms with Crippen LogP contribution in [0.1, 0.15) is 11.3 Å². The zero-order valence-corrected chi connectivity index (χ0v) is 11.2. The maximum absolute atomic E-state index is 10.4. The summed E-state index contributed by atoms with van der Waals surface area (Å²) in [5, 5.41) is 9.17. The third kappa shape index (κ3) is 4.10. The Balaban J connectivity index is 1.97. The van der Waals surface area contributed by atoms with Gasteiger partial charge in [-0.3, -0.25) is 4.98 Å². The average molecular weight is 290 g/mol. The highest BCUT2D eigenvalue weighted by Gasteiger charge is 2.00. The van der Waals surface area contributed by atoms with Crippen molar-refractivity contribution in [1.29, 1.82) is 0 Å². The van der Waals surface area contributed by atoms with E-state index in [0.717, 1.165) is 11.6 Å². The molecular weight excluding hydrogens is 278 g/mol. The summed E-state index contributed by atoms with van der Waals surface area (Å²) in [7, 11) is 0. The van der Waals surface area contributed by atoms with Gasteiger partial charge in [0.05, 0.1) is 11.9 Å². The van der Waals surface area contributed by atoms with Gasteiger partial charge in [-0.1, -0.05) is 29.8 Å². The minimum atomic E-state index is -1.01. The number of halogens is 1. The van der Waals surface area contributed by atoms with Crippen molar-refractivity contribution in [2.75, 3.05) is 0 Å². The number of aliphatic carboxylic acids is 1. The van der Waals surface area contributed by atoms with Gasteiger partial charge in [0.15, 0.2) is 0 Å². The van der Waals surface area contributed by atoms with E-state index >= 15 is 0 Å². The van der Waals surface area contributed by atoms with E-state index in [9.17, 15) is 4.79 Å². The number of carboxylic acids is 1. The molecule has 0 aliphatic heterocycles. The van der Waals surface area contributed by atoms with Gasteiger partial charge in [-0.2, -0.15) is 0 Å². The molecule has 0 fully saturated rings. The van der Waals surface area contributed by atoms with Crippen LogP contribution in [0.15, 0.2) is 48.7 Å². The molecule has 0 unspecified atom stereocenters. The highest BCUT2D eigenvalue weighted by molar-refractivity contribution is 6.31. The van der Waals surface area contributed by atoms with Gasteiger partial charge in [0.25, 0.3) is 0 Å². The van der Waals surface area contributed by atoms with Gasteiger partial charge < -0.3 is 9.84 Å². The van der Waals surface area contributed by atoms with E-state index < -0.39 is 5.97 Å². The first-order chi connectivity index (χ1) is 9.65. The van der Waals surface area contributed by atoms with Crippen LogP contribution in [0.25, 0.3) is 6.08 Å². The number of pyridine rings is 1. The van der Waals surface area contributed by atoms with Crippen molar-refractivity contribution in [2.24, 2.45) is 0 Å². The molecule has 0 bridgehead atoms. The molecule has 0 aliphatic carbocycles. The minimum absolute atomic E-state index is 0.353. The zero-order valence-electron chi connectivity index (χ0n) is 10.5. The first-order valence-corrected chi connectivity index (χ1v) is 6.26. The fourth-order valence-corrected chi connectivity index (χ4v) is 1.70. The van der Waals surface area contributed by atoms with Gasteiger partial charge in [0.2, 0.25) is 0 Å². The van der Waals surface area contributed by atoms with Crippen LogP contribution in [0, 0.1) is 0 Å². The number of carbonyl (C=O) groups is 1. The van der Waals surface area contributed by atoms with E-state index in [2.05, 4.69) is 4.98 Å². The van der Waals surface area contributed by atoms with Gasteiger partial charge in [-0.25, -0.2) is 4.79 Å². The topological polar surface area (TPSA) is 59.4 Å². The van der Waals surface area contributed by atoms with Crippen molar-refractivity contribution in [3.8, 4) is 5.75 Å². The second kappa shape index (κ2) is 6.73. The predicted octanol–water partition coefficient (Wildman–Crippen LogP) is 3.41. The van der Waals surface area contributed by atoms with Gasteiger partial charge >= 0.3 is 5.97 Å². The molecule has 1 N–H and O–H groups in total. The number of rotatable bonds is 5. The Morgan fingerprint density at radius 3 is 2.75 bits per heavy atom. The second-order valence-electron chi connectivity index (χ2n) is 3.97. The molecule has 1 aromatic carbocycles. The van der Waals surface area contributed by atoms with E-state index in [1.54, 1.807) is 24.4 Å². The maximum atomic E-state index is 10.4. The monoisotopic (exact) mass is 289 g/mol. The third-order valence-corrected chi connectivity index (χ3v) is 2.88. The van der Waals surface area contributed by atoms with Crippen LogP contribution in [0.4, 0.5) is 0 Å². The summed E-state index contributed by atoms with van der Waals surface area (Å²) in [5.74, 6) is -0.414. The Bertz CT molecular complexity index is 623. The van der Waals surface area contributed by atoms with Crippen molar-refractivity contribution >= 4 is 23.6 Å². The predicted molar refractivity (Wildman–Crippen MR) is 76.7 cm³/mol. The van der Waals surface area contributed by atoms with Crippen molar-refractivity contribution in [2.45, 2.75) is 6.61 Å². The molecule has 0 amide bonds. The highest BCUT2D eigenvalue weighted by atomic mass is 35.5. The molecule has 2 aromatic rings. The Morgan fingerprint density at radius 1 is 1.30 bits per heavy atom. The van der Waals surface area contributed by atoms with Crippen molar-refractivity contribution in [3.63, 3.8) is 0 Å². The Hall–Kier alpha value is -2.33. The summed E-state index contributed by atoms with van der Waals surface area (Å²) in [6.07, 6.45) is 3.99. The van der Waals surface area contributed by atoms with E-state index in [-0.39, 0.29) is 0 Å². The van der Waals surface area contributed by atoms with Gasteiger partial charge in [0.1, 0.15) is 12.4 Å². The van der Waals surface area contributed by atoms with E-state index in [1.807, 2.05) is 18.2 Å². The Labute approximate surface area is 121 Å². The summed E-state index contributed by atoms with van der Waals surface area (Å²) in [4.78, 5) is 14.5. The molecule has 2 rings (SSSR count). The molecule has 5 heteroatoms. The third-order valence-electron chi connectivity index (χ3n) is 2.51. The number of carboxylic acid groups (broad SMARTS) is 1. The van der Waals surface area contributed by atoms with E-state index in [4.69, 9.17) is 21.4 Å². The Kier molecular flexibility index (Phi) is 4.74. The average Bonchev–Trinajstić information content (AvgIpc) is 2.45. The quantitative estimate of drug-likeness (QED) is 0.857. The summed E-state index contributed by atoms with van der Waals surface area (Å²) >= 11 is 6.03. The summed E-state index contributed by atoms with van der Waals surface area (Å²) in [6.45, 7) is 0.353. The number of nitrogens with zero attached hydrogens (tertiary/aromatic N) is 1. The lowest BCUT2D eigenvalue weighted by atomic mass is 10.2. The molecule has 0 aliphatic rings. The van der Waals surface area contributed by atoms with Crippen LogP contribution in [-0.4, -0.2) is 16.1 Å². The first kappa shape index (κ1) is 14.1. The van der Waals surface area contributed by atoms with Crippen LogP contribution in [0.5, 0.6) is 5.75 Å². The number of aromatic nitrogens is 1. The number of hydrogen-bond donors (Lipinski definition) is 1. The summed E-state index contributed by atoms with van der Waals surface area (Å²) in [6, 6.07) is 10.9. The number of ether oxygens (including phenoxy) is 1. The standard InChI is InChI=1S/C15H12ClNO3/c16-14-4-2-1-3-11(14)10-20-13-7-5-12(17-9-13)6-8-15(18)19/h1-9H,10H2,(H,18,19). The SMILES string of the molecule is O=C(O)C=Cc1ccc(OCc2ccccc2Cl)cn1. The van der Waals surface area contributed by atoms with Gasteiger partial charge in [-0.05, 0) is 24.3 Å². The first-order valence-electron chi connectivity index (χ1n) is 5.88. The summed E-state index contributed by atoms with van der Waals surface area (Å²) in [5.41, 5.74) is 1.45. The van der Waals surface area contributed by atoms with Gasteiger partial charge in [0, 0.05) is 16.7 Å². The van der Waals surface area contributed by atoms with Crippen molar-refractivity contribution < 1.29 is 14.6 Å². The van der Waals surface area contributed by atoms with E-state index in [1.165, 1.54) is 6.08 Å². The molecule has 0 saturated carbocycles. The summed E-state index contributed by atoms with van der Waals surface area (Å²) < 4.78 is 5.57. The molecule has 102 valence electrons. The lowest BCUT2D eigenvalue weighted by Crippen LogP contribution is -1.96. The zero-order chi connectivity index (χ0) is 14.4. The van der Waals surface area contributed by atoms with Crippen LogP contribution in [-0.2, 0) is 11.4 Å². The molecule has 1 aromatic heterocycles. The molecule has 20 heavy (non-hydrogen) atoms. The molecular formula is C15H12ClNO3. The molecule has 0 spiro atoms. The second-order valence-corrected chi connectivity index (χ2v) is 4.38. The maximum Gasteiger partial charge on any atom is 0.328 e. The normalized spacial score (nSPS) is 10.7. The molecule has 0 saturated heterocycles. The van der Waals surface area contributed by atoms with Crippen LogP contribution in [0.3, 0.4) is 0 Å². The van der Waals surface area contributed by atoms with E-state index in [0.29, 0.717) is 23.1 Å². The van der Waals surface area contributed by atoms with Gasteiger partial charge in [-0.15, -0.1) is 0 Å². The fourth-order valence-electron chi connectivity index (χ4n) is 1.51.